The van der Waals surface area contributed by atoms with Gasteiger partial charge in [0.05, 0.1) is 11.0 Å². The molecule has 0 saturated heterocycles. The van der Waals surface area contributed by atoms with Gasteiger partial charge >= 0.3 is 0 Å². The fraction of sp³-hybridized carbons (Fsp3) is 0.0714. The van der Waals surface area contributed by atoms with Crippen LogP contribution in [0.15, 0.2) is 42.5 Å². The molecule has 1 N–H and O–H groups in total. The number of halogens is 4. The number of aromatic nitrogens is 2. The lowest BCUT2D eigenvalue weighted by atomic mass is 10.1. The normalized spacial score (nSPS) is 12.0. The number of H-pyrrole nitrogens is 1. The van der Waals surface area contributed by atoms with Gasteiger partial charge < -0.3 is 4.98 Å². The molecule has 1 aromatic heterocycles. The van der Waals surface area contributed by atoms with Crippen LogP contribution < -0.4 is 0 Å². The number of aromatic amines is 1. The van der Waals surface area contributed by atoms with Crippen molar-refractivity contribution in [2.45, 2.75) is 3.79 Å². The number of hydrogen-bond donors (Lipinski definition) is 1. The molecule has 102 valence electrons. The van der Waals surface area contributed by atoms with E-state index in [1.54, 1.807) is 0 Å². The highest BCUT2D eigenvalue weighted by Gasteiger charge is 2.26. The van der Waals surface area contributed by atoms with Crippen LogP contribution >= 0.6 is 46.4 Å². The van der Waals surface area contributed by atoms with E-state index >= 15 is 0 Å². The highest BCUT2D eigenvalue weighted by atomic mass is 35.6. The average molecular weight is 346 g/mol. The molecule has 3 aromatic rings. The summed E-state index contributed by atoms with van der Waals surface area (Å²) in [5, 5.41) is 0.704. The molecule has 2 nitrogen and oxygen atoms in total. The first-order chi connectivity index (χ1) is 9.43. The molecule has 0 unspecified atom stereocenters. The topological polar surface area (TPSA) is 28.7 Å². The van der Waals surface area contributed by atoms with Crippen LogP contribution in [0.3, 0.4) is 0 Å². The van der Waals surface area contributed by atoms with E-state index in [4.69, 9.17) is 46.4 Å². The third-order valence-electron chi connectivity index (χ3n) is 2.93. The summed E-state index contributed by atoms with van der Waals surface area (Å²) in [4.78, 5) is 7.28. The Balaban J connectivity index is 2.08. The predicted octanol–water partition coefficient (Wildman–Crippen LogP) is 5.71. The van der Waals surface area contributed by atoms with E-state index in [0.717, 1.165) is 22.2 Å². The molecule has 0 spiro atoms. The average Bonchev–Trinajstić information content (AvgIpc) is 2.82. The van der Waals surface area contributed by atoms with E-state index in [9.17, 15) is 0 Å². The molecule has 0 fully saturated rings. The summed E-state index contributed by atoms with van der Waals surface area (Å²) in [6, 6.07) is 13.4. The Bertz CT molecular complexity index is 757. The van der Waals surface area contributed by atoms with Gasteiger partial charge in [-0.25, -0.2) is 4.98 Å². The van der Waals surface area contributed by atoms with E-state index in [-0.39, 0.29) is 0 Å². The minimum absolute atomic E-state index is 0.311. The minimum atomic E-state index is -1.56. The first kappa shape index (κ1) is 14.0. The Hall–Kier alpha value is -0.930. The van der Waals surface area contributed by atoms with E-state index < -0.39 is 3.79 Å². The Morgan fingerprint density at radius 2 is 1.55 bits per heavy atom. The minimum Gasteiger partial charge on any atom is -0.338 e. The maximum absolute atomic E-state index is 5.89. The summed E-state index contributed by atoms with van der Waals surface area (Å²) in [5.41, 5.74) is 3.66. The maximum atomic E-state index is 5.89. The lowest BCUT2D eigenvalue weighted by Crippen LogP contribution is -2.01. The van der Waals surface area contributed by atoms with Crippen LogP contribution in [0, 0.1) is 0 Å². The van der Waals surface area contributed by atoms with Crippen molar-refractivity contribution in [3.05, 3.63) is 53.3 Å². The zero-order valence-electron chi connectivity index (χ0n) is 10.0. The predicted molar refractivity (Wildman–Crippen MR) is 85.8 cm³/mol. The SMILES string of the molecule is Clc1ccc(-c2ccc3nc(C(Cl)(Cl)Cl)[nH]c3c2)cc1. The number of nitrogens with one attached hydrogen (secondary N) is 1. The fourth-order valence-corrected chi connectivity index (χ4v) is 2.36. The molecule has 0 radical (unpaired) electrons. The molecule has 0 aliphatic carbocycles. The first-order valence-corrected chi connectivity index (χ1v) is 7.27. The molecule has 6 heteroatoms. The highest BCUT2D eigenvalue weighted by Crippen LogP contribution is 2.37. The van der Waals surface area contributed by atoms with Crippen molar-refractivity contribution in [2.75, 3.05) is 0 Å². The third kappa shape index (κ3) is 2.75. The molecular weight excluding hydrogens is 338 g/mol. The molecule has 0 bridgehead atoms. The lowest BCUT2D eigenvalue weighted by molar-refractivity contribution is 1.05. The molecule has 0 amide bonds. The van der Waals surface area contributed by atoms with Gasteiger partial charge in [0.15, 0.2) is 5.82 Å². The Kier molecular flexibility index (Phi) is 3.59. The summed E-state index contributed by atoms with van der Waals surface area (Å²) in [6.07, 6.45) is 0. The molecule has 0 atom stereocenters. The number of alkyl halides is 3. The number of hydrogen-bond acceptors (Lipinski definition) is 1. The van der Waals surface area contributed by atoms with Crippen LogP contribution in [0.5, 0.6) is 0 Å². The van der Waals surface area contributed by atoms with Crippen LogP contribution in [-0.4, -0.2) is 9.97 Å². The van der Waals surface area contributed by atoms with Crippen LogP contribution in [0.1, 0.15) is 5.82 Å². The van der Waals surface area contributed by atoms with Gasteiger partial charge in [-0.05, 0) is 35.4 Å². The van der Waals surface area contributed by atoms with Crippen LogP contribution in [0.4, 0.5) is 0 Å². The molecule has 3 rings (SSSR count). The second-order valence-corrected chi connectivity index (χ2v) is 7.04. The maximum Gasteiger partial charge on any atom is 0.248 e. The quantitative estimate of drug-likeness (QED) is 0.562. The van der Waals surface area contributed by atoms with Crippen molar-refractivity contribution in [1.29, 1.82) is 0 Å². The highest BCUT2D eigenvalue weighted by molar-refractivity contribution is 6.66. The van der Waals surface area contributed by atoms with Crippen molar-refractivity contribution < 1.29 is 0 Å². The Morgan fingerprint density at radius 3 is 2.20 bits per heavy atom. The van der Waals surface area contributed by atoms with Gasteiger partial charge in [-0.2, -0.15) is 0 Å². The summed E-state index contributed by atoms with van der Waals surface area (Å²) < 4.78 is -1.56. The standard InChI is InChI=1S/C14H8Cl4N2/c15-10-4-1-8(2-5-10)9-3-6-11-12(7-9)20-13(19-11)14(16,17)18/h1-7H,(H,19,20). The van der Waals surface area contributed by atoms with Crippen molar-refractivity contribution in [3.8, 4) is 11.1 Å². The first-order valence-electron chi connectivity index (χ1n) is 5.76. The fourth-order valence-electron chi connectivity index (χ4n) is 1.97. The number of nitrogens with zero attached hydrogens (tertiary/aromatic N) is 1. The Morgan fingerprint density at radius 1 is 0.900 bits per heavy atom. The van der Waals surface area contributed by atoms with Gasteiger partial charge in [0.2, 0.25) is 3.79 Å². The van der Waals surface area contributed by atoms with E-state index in [1.165, 1.54) is 0 Å². The molecule has 0 aliphatic heterocycles. The van der Waals surface area contributed by atoms with Crippen molar-refractivity contribution in [3.63, 3.8) is 0 Å². The summed E-state index contributed by atoms with van der Waals surface area (Å²) >= 11 is 23.4. The zero-order chi connectivity index (χ0) is 14.3. The molecule has 0 saturated carbocycles. The lowest BCUT2D eigenvalue weighted by Gasteiger charge is -2.04. The van der Waals surface area contributed by atoms with E-state index in [0.29, 0.717) is 10.8 Å². The summed E-state index contributed by atoms with van der Waals surface area (Å²) in [5.74, 6) is 0.311. The van der Waals surface area contributed by atoms with E-state index in [1.807, 2.05) is 42.5 Å². The molecule has 2 aromatic carbocycles. The molecule has 0 aliphatic rings. The molecule has 1 heterocycles. The number of rotatable bonds is 1. The van der Waals surface area contributed by atoms with Gasteiger partial charge in [-0.1, -0.05) is 64.6 Å². The van der Waals surface area contributed by atoms with Crippen LogP contribution in [-0.2, 0) is 3.79 Å². The van der Waals surface area contributed by atoms with Crippen molar-refractivity contribution in [2.24, 2.45) is 0 Å². The largest absolute Gasteiger partial charge is 0.338 e. The van der Waals surface area contributed by atoms with Gasteiger partial charge in [0.1, 0.15) is 0 Å². The number of imidazole rings is 1. The van der Waals surface area contributed by atoms with Gasteiger partial charge in [-0.3, -0.25) is 0 Å². The molecule has 20 heavy (non-hydrogen) atoms. The van der Waals surface area contributed by atoms with Gasteiger partial charge in [0.25, 0.3) is 0 Å². The second kappa shape index (κ2) is 5.12. The van der Waals surface area contributed by atoms with Crippen molar-refractivity contribution in [1.82, 2.24) is 9.97 Å². The van der Waals surface area contributed by atoms with Gasteiger partial charge in [-0.15, -0.1) is 0 Å². The van der Waals surface area contributed by atoms with Crippen molar-refractivity contribution >= 4 is 57.4 Å². The van der Waals surface area contributed by atoms with Crippen LogP contribution in [0.25, 0.3) is 22.2 Å². The third-order valence-corrected chi connectivity index (χ3v) is 3.72. The zero-order valence-corrected chi connectivity index (χ0v) is 13.0. The summed E-state index contributed by atoms with van der Waals surface area (Å²) in [7, 11) is 0. The second-order valence-electron chi connectivity index (χ2n) is 4.32. The summed E-state index contributed by atoms with van der Waals surface area (Å²) in [6.45, 7) is 0. The van der Waals surface area contributed by atoms with E-state index in [2.05, 4.69) is 9.97 Å². The number of benzene rings is 2. The van der Waals surface area contributed by atoms with Crippen LogP contribution in [0.2, 0.25) is 5.02 Å². The molecular formula is C14H8Cl4N2. The van der Waals surface area contributed by atoms with Gasteiger partial charge in [0, 0.05) is 5.02 Å². The smallest absolute Gasteiger partial charge is 0.248 e. The number of fused-ring (bicyclic) bond motifs is 1. The monoisotopic (exact) mass is 344 g/mol. The Labute approximate surface area is 135 Å².